The number of thiophene rings is 1. The zero-order valence-corrected chi connectivity index (χ0v) is 12.9. The zero-order chi connectivity index (χ0) is 14.4. The molecular weight excluding hydrogens is 294 g/mol. The van der Waals surface area contributed by atoms with E-state index in [1.54, 1.807) is 4.68 Å². The topological polar surface area (TPSA) is 85.8 Å². The molecule has 20 heavy (non-hydrogen) atoms. The highest BCUT2D eigenvalue weighted by Gasteiger charge is 2.21. The first-order valence-electron chi connectivity index (χ1n) is 5.92. The molecular formula is C12H13N5OS2. The lowest BCUT2D eigenvalue weighted by Gasteiger charge is -2.00. The quantitative estimate of drug-likeness (QED) is 0.762. The minimum absolute atomic E-state index is 0.225. The number of nitrogens with one attached hydrogen (secondary N) is 1. The Morgan fingerprint density at radius 1 is 1.45 bits per heavy atom. The van der Waals surface area contributed by atoms with Crippen LogP contribution in [0.5, 0.6) is 0 Å². The molecule has 3 heterocycles. The largest absolute Gasteiger partial charge is 0.397 e. The summed E-state index contributed by atoms with van der Waals surface area (Å²) in [5, 5.41) is 10.4. The number of hydrogen-bond donors (Lipinski definition) is 2. The van der Waals surface area contributed by atoms with Gasteiger partial charge in [-0.1, -0.05) is 0 Å². The lowest BCUT2D eigenvalue weighted by molar-refractivity contribution is 0.103. The number of thiazole rings is 1. The minimum Gasteiger partial charge on any atom is -0.397 e. The monoisotopic (exact) mass is 307 g/mol. The zero-order valence-electron chi connectivity index (χ0n) is 11.2. The summed E-state index contributed by atoms with van der Waals surface area (Å²) in [5.74, 6) is -0.225. The van der Waals surface area contributed by atoms with Crippen LogP contribution in [0.1, 0.15) is 21.1 Å². The highest BCUT2D eigenvalue weighted by molar-refractivity contribution is 7.21. The molecule has 0 aromatic carbocycles. The van der Waals surface area contributed by atoms with Crippen molar-refractivity contribution in [2.45, 2.75) is 13.8 Å². The van der Waals surface area contributed by atoms with E-state index in [2.05, 4.69) is 15.4 Å². The maximum atomic E-state index is 12.3. The van der Waals surface area contributed by atoms with Gasteiger partial charge in [-0.3, -0.25) is 14.8 Å². The van der Waals surface area contributed by atoms with Crippen LogP contribution in [-0.4, -0.2) is 20.7 Å². The molecule has 0 aliphatic carbocycles. The van der Waals surface area contributed by atoms with Crippen LogP contribution in [0.25, 0.3) is 10.2 Å². The van der Waals surface area contributed by atoms with Crippen molar-refractivity contribution in [1.29, 1.82) is 0 Å². The average Bonchev–Trinajstić information content (AvgIpc) is 3.00. The number of nitrogen functional groups attached to an aromatic ring is 1. The van der Waals surface area contributed by atoms with Gasteiger partial charge in [0.15, 0.2) is 5.13 Å². The van der Waals surface area contributed by atoms with E-state index in [0.29, 0.717) is 15.7 Å². The van der Waals surface area contributed by atoms with Gasteiger partial charge in [0.25, 0.3) is 5.91 Å². The second-order valence-corrected chi connectivity index (χ2v) is 6.34. The molecule has 3 aromatic heterocycles. The van der Waals surface area contributed by atoms with Gasteiger partial charge in [-0.05, 0) is 13.8 Å². The lowest BCUT2D eigenvalue weighted by Crippen LogP contribution is -2.11. The lowest BCUT2D eigenvalue weighted by atomic mass is 10.2. The van der Waals surface area contributed by atoms with E-state index in [1.165, 1.54) is 22.7 Å². The molecule has 0 saturated carbocycles. The van der Waals surface area contributed by atoms with Gasteiger partial charge >= 0.3 is 0 Å². The molecule has 3 rings (SSSR count). The molecule has 0 spiro atoms. The Morgan fingerprint density at radius 3 is 2.80 bits per heavy atom. The first kappa shape index (κ1) is 13.1. The van der Waals surface area contributed by atoms with Crippen LogP contribution in [-0.2, 0) is 7.05 Å². The maximum Gasteiger partial charge on any atom is 0.269 e. The Bertz CT molecular complexity index is 813. The number of amides is 1. The highest BCUT2D eigenvalue weighted by atomic mass is 32.1. The van der Waals surface area contributed by atoms with Crippen LogP contribution >= 0.6 is 22.7 Å². The second-order valence-electron chi connectivity index (χ2n) is 4.48. The van der Waals surface area contributed by atoms with E-state index < -0.39 is 0 Å². The van der Waals surface area contributed by atoms with Crippen molar-refractivity contribution in [3.8, 4) is 0 Å². The van der Waals surface area contributed by atoms with Crippen molar-refractivity contribution in [2.75, 3.05) is 11.1 Å². The van der Waals surface area contributed by atoms with Crippen molar-refractivity contribution in [2.24, 2.45) is 7.05 Å². The van der Waals surface area contributed by atoms with E-state index in [4.69, 9.17) is 5.73 Å². The summed E-state index contributed by atoms with van der Waals surface area (Å²) in [6, 6.07) is 0. The van der Waals surface area contributed by atoms with Gasteiger partial charge in [0.05, 0.1) is 22.5 Å². The number of aromatic nitrogens is 3. The molecule has 0 fully saturated rings. The summed E-state index contributed by atoms with van der Waals surface area (Å²) in [6.45, 7) is 3.77. The third kappa shape index (κ3) is 1.97. The molecule has 8 heteroatoms. The van der Waals surface area contributed by atoms with Crippen LogP contribution in [0.2, 0.25) is 0 Å². The maximum absolute atomic E-state index is 12.3. The number of nitrogens with two attached hydrogens (primary N) is 1. The fourth-order valence-corrected chi connectivity index (χ4v) is 3.83. The van der Waals surface area contributed by atoms with E-state index in [9.17, 15) is 4.79 Å². The van der Waals surface area contributed by atoms with Gasteiger partial charge in [-0.15, -0.1) is 22.7 Å². The van der Waals surface area contributed by atoms with Gasteiger partial charge in [0.1, 0.15) is 9.71 Å². The van der Waals surface area contributed by atoms with Crippen LogP contribution in [0.4, 0.5) is 10.8 Å². The number of aryl methyl sites for hydroxylation is 3. The van der Waals surface area contributed by atoms with Gasteiger partial charge in [-0.2, -0.15) is 5.10 Å². The summed E-state index contributed by atoms with van der Waals surface area (Å²) in [6.07, 6.45) is 0. The van der Waals surface area contributed by atoms with Crippen molar-refractivity contribution >= 4 is 49.6 Å². The summed E-state index contributed by atoms with van der Waals surface area (Å²) in [4.78, 5) is 17.9. The van der Waals surface area contributed by atoms with E-state index >= 15 is 0 Å². The number of carbonyl (C=O) groups is 1. The smallest absolute Gasteiger partial charge is 0.269 e. The standard InChI is InChI=1S/C12H13N5OS2/c1-5-4-19-12(14-5)15-10(18)9-8(13)7-6(2)16-17(3)11(7)20-9/h4H,13H2,1-3H3,(H,14,15,18). The summed E-state index contributed by atoms with van der Waals surface area (Å²) in [7, 11) is 1.84. The molecule has 3 N–H and O–H groups in total. The van der Waals surface area contributed by atoms with Crippen LogP contribution in [0.15, 0.2) is 5.38 Å². The number of fused-ring (bicyclic) bond motifs is 1. The van der Waals surface area contributed by atoms with Gasteiger partial charge in [-0.25, -0.2) is 4.98 Å². The molecule has 3 aromatic rings. The molecule has 0 aliphatic rings. The van der Waals surface area contributed by atoms with E-state index in [-0.39, 0.29) is 5.91 Å². The molecule has 104 valence electrons. The van der Waals surface area contributed by atoms with E-state index in [0.717, 1.165) is 21.6 Å². The summed E-state index contributed by atoms with van der Waals surface area (Å²) < 4.78 is 1.75. The fraction of sp³-hybridized carbons (Fsp3) is 0.250. The number of nitrogens with zero attached hydrogens (tertiary/aromatic N) is 3. The highest BCUT2D eigenvalue weighted by Crippen LogP contribution is 2.35. The number of hydrogen-bond acceptors (Lipinski definition) is 6. The normalized spacial score (nSPS) is 11.2. The van der Waals surface area contributed by atoms with E-state index in [1.807, 2.05) is 26.3 Å². The number of carbonyl (C=O) groups excluding carboxylic acids is 1. The van der Waals surface area contributed by atoms with Crippen molar-refractivity contribution < 1.29 is 4.79 Å². The molecule has 0 saturated heterocycles. The van der Waals surface area contributed by atoms with Gasteiger partial charge in [0.2, 0.25) is 0 Å². The fourth-order valence-electron chi connectivity index (χ4n) is 2.06. The first-order valence-corrected chi connectivity index (χ1v) is 7.62. The molecule has 1 amide bonds. The average molecular weight is 307 g/mol. The number of rotatable bonds is 2. The second kappa shape index (κ2) is 4.57. The Labute approximate surface area is 123 Å². The Balaban J connectivity index is 1.99. The Hall–Kier alpha value is -1.93. The van der Waals surface area contributed by atoms with Crippen LogP contribution in [0.3, 0.4) is 0 Å². The van der Waals surface area contributed by atoms with Crippen molar-refractivity contribution in [3.05, 3.63) is 21.6 Å². The third-order valence-corrected chi connectivity index (χ3v) is 5.07. The summed E-state index contributed by atoms with van der Waals surface area (Å²) in [5.41, 5.74) is 8.30. The summed E-state index contributed by atoms with van der Waals surface area (Å²) >= 11 is 2.74. The predicted molar refractivity (Wildman–Crippen MR) is 82.5 cm³/mol. The van der Waals surface area contributed by atoms with Crippen LogP contribution in [0, 0.1) is 13.8 Å². The van der Waals surface area contributed by atoms with Gasteiger partial charge in [0, 0.05) is 12.4 Å². The SMILES string of the molecule is Cc1csc(NC(=O)c2sc3c(c(C)nn3C)c2N)n1. The first-order chi connectivity index (χ1) is 9.47. The Morgan fingerprint density at radius 2 is 2.20 bits per heavy atom. The molecule has 0 radical (unpaired) electrons. The van der Waals surface area contributed by atoms with Crippen molar-refractivity contribution in [3.63, 3.8) is 0 Å². The number of anilines is 2. The predicted octanol–water partition coefficient (Wildman–Crippen LogP) is 2.54. The molecule has 0 unspecified atom stereocenters. The van der Waals surface area contributed by atoms with Crippen molar-refractivity contribution in [1.82, 2.24) is 14.8 Å². The van der Waals surface area contributed by atoms with Crippen LogP contribution < -0.4 is 11.1 Å². The third-order valence-electron chi connectivity index (χ3n) is 2.93. The molecule has 6 nitrogen and oxygen atoms in total. The molecule has 0 bridgehead atoms. The molecule has 0 aliphatic heterocycles. The molecule has 0 atom stereocenters. The Kier molecular flexibility index (Phi) is 2.98. The van der Waals surface area contributed by atoms with Gasteiger partial charge < -0.3 is 5.73 Å². The minimum atomic E-state index is -0.225.